The van der Waals surface area contributed by atoms with Gasteiger partial charge in [0, 0.05) is 23.1 Å². The molecule has 0 aromatic rings. The Labute approximate surface area is 102 Å². The SMILES string of the molecule is CC(C)(C)OC(=O)N1CC[S@](=O)C[C@H]1C(=O)O. The van der Waals surface area contributed by atoms with Gasteiger partial charge < -0.3 is 9.84 Å². The Morgan fingerprint density at radius 3 is 2.47 bits per heavy atom. The van der Waals surface area contributed by atoms with E-state index in [-0.39, 0.29) is 12.3 Å². The fourth-order valence-electron chi connectivity index (χ4n) is 1.45. The Morgan fingerprint density at radius 2 is 2.00 bits per heavy atom. The van der Waals surface area contributed by atoms with E-state index in [0.717, 1.165) is 4.90 Å². The minimum absolute atomic E-state index is 0.0332. The van der Waals surface area contributed by atoms with Crippen LogP contribution >= 0.6 is 0 Å². The van der Waals surface area contributed by atoms with Crippen LogP contribution in [0.2, 0.25) is 0 Å². The Balaban J connectivity index is 2.76. The molecule has 1 saturated heterocycles. The van der Waals surface area contributed by atoms with Crippen LogP contribution in [0.25, 0.3) is 0 Å². The molecule has 0 unspecified atom stereocenters. The highest BCUT2D eigenvalue weighted by molar-refractivity contribution is 7.85. The van der Waals surface area contributed by atoms with Gasteiger partial charge in [0.05, 0.1) is 5.75 Å². The lowest BCUT2D eigenvalue weighted by Gasteiger charge is -2.33. The van der Waals surface area contributed by atoms with Gasteiger partial charge in [0.2, 0.25) is 0 Å². The fraction of sp³-hybridized carbons (Fsp3) is 0.800. The third-order valence-electron chi connectivity index (χ3n) is 2.19. The van der Waals surface area contributed by atoms with Crippen molar-refractivity contribution in [2.75, 3.05) is 18.1 Å². The molecule has 0 radical (unpaired) electrons. The molecular formula is C10H17NO5S. The van der Waals surface area contributed by atoms with Crippen molar-refractivity contribution in [1.82, 2.24) is 4.90 Å². The largest absolute Gasteiger partial charge is 0.480 e. The molecule has 0 saturated carbocycles. The molecule has 0 aromatic heterocycles. The Hall–Kier alpha value is -1.11. The monoisotopic (exact) mass is 263 g/mol. The van der Waals surface area contributed by atoms with Gasteiger partial charge in [-0.3, -0.25) is 9.11 Å². The van der Waals surface area contributed by atoms with Gasteiger partial charge >= 0.3 is 12.1 Å². The number of aliphatic carboxylic acids is 1. The highest BCUT2D eigenvalue weighted by atomic mass is 32.2. The number of carboxylic acid groups (broad SMARTS) is 1. The Morgan fingerprint density at radius 1 is 1.41 bits per heavy atom. The predicted octanol–water partition coefficient (Wildman–Crippen LogP) is 0.439. The van der Waals surface area contributed by atoms with E-state index in [9.17, 15) is 13.8 Å². The first-order chi connectivity index (χ1) is 7.70. The van der Waals surface area contributed by atoms with Crippen LogP contribution in [0.1, 0.15) is 20.8 Å². The standard InChI is InChI=1S/C10H17NO5S/c1-10(2,3)16-9(14)11-4-5-17(15)6-7(11)8(12)13/h7H,4-6H2,1-3H3,(H,12,13)/t7-,17-/m0/s1. The topological polar surface area (TPSA) is 83.9 Å². The summed E-state index contributed by atoms with van der Waals surface area (Å²) in [5.41, 5.74) is -0.670. The van der Waals surface area contributed by atoms with E-state index >= 15 is 0 Å². The summed E-state index contributed by atoms with van der Waals surface area (Å²) in [7, 11) is -1.18. The summed E-state index contributed by atoms with van der Waals surface area (Å²) in [6, 6.07) is -1.06. The summed E-state index contributed by atoms with van der Waals surface area (Å²) in [4.78, 5) is 23.9. The predicted molar refractivity (Wildman–Crippen MR) is 62.2 cm³/mol. The minimum Gasteiger partial charge on any atom is -0.480 e. The van der Waals surface area contributed by atoms with E-state index in [1.165, 1.54) is 0 Å². The first-order valence-electron chi connectivity index (χ1n) is 5.28. The number of carbonyl (C=O) groups is 2. The van der Waals surface area contributed by atoms with Gasteiger partial charge in [0.1, 0.15) is 11.6 Å². The van der Waals surface area contributed by atoms with Crippen LogP contribution in [-0.2, 0) is 20.3 Å². The van der Waals surface area contributed by atoms with Gasteiger partial charge in [-0.25, -0.2) is 9.59 Å². The summed E-state index contributed by atoms with van der Waals surface area (Å²) >= 11 is 0. The number of carbonyl (C=O) groups excluding carboxylic acids is 1. The molecule has 1 N–H and O–H groups in total. The fourth-order valence-corrected chi connectivity index (χ4v) is 2.69. The lowest BCUT2D eigenvalue weighted by Crippen LogP contribution is -2.54. The maximum atomic E-state index is 11.8. The van der Waals surface area contributed by atoms with Gasteiger partial charge in [-0.1, -0.05) is 0 Å². The highest BCUT2D eigenvalue weighted by Crippen LogP contribution is 2.15. The van der Waals surface area contributed by atoms with Crippen molar-refractivity contribution in [3.8, 4) is 0 Å². The quantitative estimate of drug-likeness (QED) is 0.742. The number of ether oxygens (including phenoxy) is 1. The van der Waals surface area contributed by atoms with Crippen molar-refractivity contribution < 1.29 is 23.6 Å². The van der Waals surface area contributed by atoms with Crippen molar-refractivity contribution in [2.45, 2.75) is 32.4 Å². The van der Waals surface area contributed by atoms with Gasteiger partial charge in [-0.05, 0) is 20.8 Å². The molecular weight excluding hydrogens is 246 g/mol. The number of hydrogen-bond acceptors (Lipinski definition) is 4. The molecule has 98 valence electrons. The third kappa shape index (κ3) is 3.99. The Kier molecular flexibility index (Phi) is 4.13. The number of nitrogens with zero attached hydrogens (tertiary/aromatic N) is 1. The van der Waals surface area contributed by atoms with Gasteiger partial charge in [-0.15, -0.1) is 0 Å². The highest BCUT2D eigenvalue weighted by Gasteiger charge is 2.37. The smallest absolute Gasteiger partial charge is 0.411 e. The van der Waals surface area contributed by atoms with E-state index in [4.69, 9.17) is 9.84 Å². The average molecular weight is 263 g/mol. The minimum atomic E-state index is -1.18. The maximum absolute atomic E-state index is 11.8. The van der Waals surface area contributed by atoms with Crippen molar-refractivity contribution in [1.29, 1.82) is 0 Å². The van der Waals surface area contributed by atoms with E-state index in [0.29, 0.717) is 5.75 Å². The summed E-state index contributed by atoms with van der Waals surface area (Å²) in [5.74, 6) is -0.888. The van der Waals surface area contributed by atoms with Crippen molar-refractivity contribution in [3.05, 3.63) is 0 Å². The number of amides is 1. The van der Waals surface area contributed by atoms with Gasteiger partial charge in [-0.2, -0.15) is 0 Å². The molecule has 1 rings (SSSR count). The van der Waals surface area contributed by atoms with Crippen LogP contribution in [0.3, 0.4) is 0 Å². The van der Waals surface area contributed by atoms with Crippen LogP contribution in [-0.4, -0.2) is 56.0 Å². The second-order valence-corrected chi connectivity index (χ2v) is 6.46. The van der Waals surface area contributed by atoms with E-state index in [1.54, 1.807) is 20.8 Å². The number of carboxylic acids is 1. The summed E-state index contributed by atoms with van der Waals surface area (Å²) < 4.78 is 16.4. The molecule has 0 bridgehead atoms. The molecule has 1 aliphatic rings. The number of hydrogen-bond donors (Lipinski definition) is 1. The van der Waals surface area contributed by atoms with Crippen molar-refractivity contribution in [3.63, 3.8) is 0 Å². The van der Waals surface area contributed by atoms with E-state index in [1.807, 2.05) is 0 Å². The van der Waals surface area contributed by atoms with E-state index in [2.05, 4.69) is 0 Å². The molecule has 0 spiro atoms. The lowest BCUT2D eigenvalue weighted by atomic mass is 10.2. The van der Waals surface area contributed by atoms with E-state index < -0.39 is 34.5 Å². The van der Waals surface area contributed by atoms with Crippen LogP contribution in [0.5, 0.6) is 0 Å². The molecule has 7 heteroatoms. The summed E-state index contributed by atoms with van der Waals surface area (Å²) in [6.45, 7) is 5.28. The first kappa shape index (κ1) is 14.0. The zero-order valence-corrected chi connectivity index (χ0v) is 11.0. The zero-order chi connectivity index (χ0) is 13.2. The molecule has 0 aromatic carbocycles. The molecule has 6 nitrogen and oxygen atoms in total. The molecule has 2 atom stereocenters. The van der Waals surface area contributed by atoms with Crippen molar-refractivity contribution >= 4 is 22.9 Å². The first-order valence-corrected chi connectivity index (χ1v) is 6.77. The molecule has 1 aliphatic heterocycles. The molecule has 0 aliphatic carbocycles. The number of rotatable bonds is 1. The molecule has 17 heavy (non-hydrogen) atoms. The van der Waals surface area contributed by atoms with Gasteiger partial charge in [0.25, 0.3) is 0 Å². The van der Waals surface area contributed by atoms with Crippen LogP contribution in [0, 0.1) is 0 Å². The van der Waals surface area contributed by atoms with Crippen molar-refractivity contribution in [2.24, 2.45) is 0 Å². The van der Waals surface area contributed by atoms with Crippen LogP contribution < -0.4 is 0 Å². The Bertz CT molecular complexity index is 349. The molecule has 1 fully saturated rings. The van der Waals surface area contributed by atoms with Crippen LogP contribution in [0.15, 0.2) is 0 Å². The summed E-state index contributed by atoms with van der Waals surface area (Å²) in [6.07, 6.45) is -0.665. The maximum Gasteiger partial charge on any atom is 0.411 e. The average Bonchev–Trinajstić information content (AvgIpc) is 2.14. The second-order valence-electron chi connectivity index (χ2n) is 4.84. The second kappa shape index (κ2) is 5.03. The normalized spacial score (nSPS) is 25.5. The third-order valence-corrected chi connectivity index (χ3v) is 3.52. The van der Waals surface area contributed by atoms with Gasteiger partial charge in [0.15, 0.2) is 0 Å². The van der Waals surface area contributed by atoms with Crippen LogP contribution in [0.4, 0.5) is 4.79 Å². The molecule has 1 amide bonds. The lowest BCUT2D eigenvalue weighted by molar-refractivity contribution is -0.142. The summed E-state index contributed by atoms with van der Waals surface area (Å²) in [5, 5.41) is 8.99. The zero-order valence-electron chi connectivity index (χ0n) is 10.1. The molecule has 1 heterocycles.